The van der Waals surface area contributed by atoms with E-state index in [-0.39, 0.29) is 0 Å². The van der Waals surface area contributed by atoms with Crippen LogP contribution >= 0.6 is 0 Å². The summed E-state index contributed by atoms with van der Waals surface area (Å²) in [6.45, 7) is 2.29. The van der Waals surface area contributed by atoms with Crippen LogP contribution in [0.25, 0.3) is 16.7 Å². The highest BCUT2D eigenvalue weighted by atomic mass is 14.2. The van der Waals surface area contributed by atoms with Gasteiger partial charge in [-0.2, -0.15) is 0 Å². The van der Waals surface area contributed by atoms with Crippen molar-refractivity contribution in [1.29, 1.82) is 0 Å². The topological polar surface area (TPSA) is 0 Å². The molecule has 0 radical (unpaired) electrons. The van der Waals surface area contributed by atoms with E-state index in [9.17, 15) is 0 Å². The van der Waals surface area contributed by atoms with Crippen LogP contribution in [0.4, 0.5) is 0 Å². The maximum atomic E-state index is 2.39. The number of rotatable bonds is 4. The molecule has 0 amide bonds. The zero-order valence-corrected chi connectivity index (χ0v) is 17.4. The van der Waals surface area contributed by atoms with Crippen molar-refractivity contribution in [2.45, 2.75) is 25.7 Å². The molecule has 5 rings (SSSR count). The van der Waals surface area contributed by atoms with E-state index in [1.54, 1.807) is 0 Å². The Hall–Kier alpha value is -3.38. The smallest absolute Gasteiger partial charge is 0.00610 e. The van der Waals surface area contributed by atoms with E-state index in [0.29, 0.717) is 5.92 Å². The molecule has 0 fully saturated rings. The molecule has 0 heterocycles. The molecule has 0 nitrogen and oxygen atoms in total. The van der Waals surface area contributed by atoms with Crippen LogP contribution in [0.5, 0.6) is 0 Å². The molecule has 30 heavy (non-hydrogen) atoms. The Morgan fingerprint density at radius 2 is 1.13 bits per heavy atom. The molecule has 0 N–H and O–H groups in total. The van der Waals surface area contributed by atoms with Gasteiger partial charge in [0.25, 0.3) is 0 Å². The molecular formula is C30H26. The van der Waals surface area contributed by atoms with Crippen LogP contribution in [0.3, 0.4) is 0 Å². The molecule has 1 atom stereocenters. The van der Waals surface area contributed by atoms with Gasteiger partial charge in [0.15, 0.2) is 0 Å². The second kappa shape index (κ2) is 8.16. The van der Waals surface area contributed by atoms with E-state index in [4.69, 9.17) is 0 Å². The Kier molecular flexibility index (Phi) is 5.07. The first-order valence-corrected chi connectivity index (χ1v) is 10.8. The van der Waals surface area contributed by atoms with Crippen molar-refractivity contribution in [2.24, 2.45) is 0 Å². The van der Waals surface area contributed by atoms with Gasteiger partial charge in [0, 0.05) is 5.92 Å². The minimum absolute atomic E-state index is 0.372. The van der Waals surface area contributed by atoms with Crippen molar-refractivity contribution in [3.63, 3.8) is 0 Å². The maximum Gasteiger partial charge on any atom is 0.00610 e. The summed E-state index contributed by atoms with van der Waals surface area (Å²) in [5.74, 6) is 0.372. The van der Waals surface area contributed by atoms with Gasteiger partial charge in [-0.1, -0.05) is 116 Å². The van der Waals surface area contributed by atoms with Crippen LogP contribution in [-0.2, 0) is 6.42 Å². The molecule has 0 saturated heterocycles. The molecule has 4 aromatic carbocycles. The highest BCUT2D eigenvalue weighted by molar-refractivity contribution is 5.82. The van der Waals surface area contributed by atoms with Gasteiger partial charge >= 0.3 is 0 Å². The molecule has 0 heteroatoms. The van der Waals surface area contributed by atoms with Crippen LogP contribution in [0.1, 0.15) is 47.1 Å². The summed E-state index contributed by atoms with van der Waals surface area (Å²) in [7, 11) is 0. The van der Waals surface area contributed by atoms with Gasteiger partial charge in [-0.3, -0.25) is 0 Å². The number of benzene rings is 4. The quantitative estimate of drug-likeness (QED) is 0.334. The summed E-state index contributed by atoms with van der Waals surface area (Å²) in [6, 6.07) is 37.5. The third kappa shape index (κ3) is 3.62. The third-order valence-corrected chi connectivity index (χ3v) is 6.31. The van der Waals surface area contributed by atoms with E-state index in [0.717, 1.165) is 12.8 Å². The van der Waals surface area contributed by atoms with Crippen LogP contribution in [-0.4, -0.2) is 0 Å². The average Bonchev–Trinajstić information content (AvgIpc) is 2.84. The second-order valence-corrected chi connectivity index (χ2v) is 8.15. The fourth-order valence-electron chi connectivity index (χ4n) is 4.50. The van der Waals surface area contributed by atoms with Gasteiger partial charge in [0.05, 0.1) is 0 Å². The average molecular weight is 387 g/mol. The number of fused-ring (bicyclic) bond motifs is 1. The Balaban J connectivity index is 1.37. The van der Waals surface area contributed by atoms with Crippen molar-refractivity contribution in [3.8, 4) is 11.1 Å². The lowest BCUT2D eigenvalue weighted by molar-refractivity contribution is 0.922. The van der Waals surface area contributed by atoms with Gasteiger partial charge in [-0.25, -0.2) is 0 Å². The molecule has 1 aliphatic rings. The summed E-state index contributed by atoms with van der Waals surface area (Å²) in [5.41, 5.74) is 10.8. The fraction of sp³-hybridized carbons (Fsp3) is 0.133. The Morgan fingerprint density at radius 1 is 0.567 bits per heavy atom. The SMILES string of the molecule is CC(c1ccc(C2=CCCc3ccccc32)cc1)c1ccc(-c2ccccc2)cc1. The first-order chi connectivity index (χ1) is 14.8. The van der Waals surface area contributed by atoms with Crippen molar-refractivity contribution in [1.82, 2.24) is 0 Å². The zero-order chi connectivity index (χ0) is 20.3. The van der Waals surface area contributed by atoms with Gasteiger partial charge in [0.1, 0.15) is 0 Å². The lowest BCUT2D eigenvalue weighted by Crippen LogP contribution is -2.01. The predicted octanol–water partition coefficient (Wildman–Crippen LogP) is 7.88. The van der Waals surface area contributed by atoms with E-state index < -0.39 is 0 Å². The molecule has 1 aliphatic carbocycles. The molecule has 0 aromatic heterocycles. The van der Waals surface area contributed by atoms with E-state index in [1.165, 1.54) is 44.5 Å². The number of allylic oxidation sites excluding steroid dienone is 1. The van der Waals surface area contributed by atoms with E-state index in [2.05, 4.69) is 116 Å². The summed E-state index contributed by atoms with van der Waals surface area (Å²) < 4.78 is 0. The molecule has 1 unspecified atom stereocenters. The molecule has 4 aromatic rings. The van der Waals surface area contributed by atoms with Gasteiger partial charge in [-0.15, -0.1) is 0 Å². The first kappa shape index (κ1) is 18.6. The molecule has 0 spiro atoms. The Labute approximate surface area is 179 Å². The normalized spacial score (nSPS) is 14.0. The number of hydrogen-bond acceptors (Lipinski definition) is 0. The summed E-state index contributed by atoms with van der Waals surface area (Å²) in [5, 5.41) is 0. The Morgan fingerprint density at radius 3 is 1.83 bits per heavy atom. The van der Waals surface area contributed by atoms with E-state index >= 15 is 0 Å². The minimum atomic E-state index is 0.372. The number of hydrogen-bond donors (Lipinski definition) is 0. The lowest BCUT2D eigenvalue weighted by Gasteiger charge is -2.19. The highest BCUT2D eigenvalue weighted by Gasteiger charge is 2.14. The lowest BCUT2D eigenvalue weighted by atomic mass is 9.85. The van der Waals surface area contributed by atoms with Crippen molar-refractivity contribution < 1.29 is 0 Å². The monoisotopic (exact) mass is 386 g/mol. The van der Waals surface area contributed by atoms with Crippen molar-refractivity contribution >= 4 is 5.57 Å². The highest BCUT2D eigenvalue weighted by Crippen LogP contribution is 2.33. The fourth-order valence-corrected chi connectivity index (χ4v) is 4.50. The minimum Gasteiger partial charge on any atom is -0.0757 e. The van der Waals surface area contributed by atoms with Gasteiger partial charge < -0.3 is 0 Å². The third-order valence-electron chi connectivity index (χ3n) is 6.31. The van der Waals surface area contributed by atoms with Crippen LogP contribution in [0.15, 0.2) is 109 Å². The summed E-state index contributed by atoms with van der Waals surface area (Å²) in [4.78, 5) is 0. The Bertz CT molecular complexity index is 1160. The van der Waals surface area contributed by atoms with E-state index in [1.807, 2.05) is 0 Å². The first-order valence-electron chi connectivity index (χ1n) is 10.8. The summed E-state index contributed by atoms with van der Waals surface area (Å²) >= 11 is 0. The predicted molar refractivity (Wildman–Crippen MR) is 128 cm³/mol. The van der Waals surface area contributed by atoms with Crippen LogP contribution < -0.4 is 0 Å². The van der Waals surface area contributed by atoms with Gasteiger partial charge in [-0.05, 0) is 57.4 Å². The van der Waals surface area contributed by atoms with Crippen LogP contribution in [0.2, 0.25) is 0 Å². The number of aryl methyl sites for hydroxylation is 1. The van der Waals surface area contributed by atoms with Gasteiger partial charge in [0.2, 0.25) is 0 Å². The molecule has 0 bridgehead atoms. The second-order valence-electron chi connectivity index (χ2n) is 8.15. The molecule has 146 valence electrons. The molecular weight excluding hydrogens is 360 g/mol. The standard InChI is InChI=1S/C30H26/c1-22(23-14-18-26(19-15-23)25-8-3-2-4-9-25)24-16-20-28(21-17-24)30-13-7-11-27-10-5-6-12-29(27)30/h2-6,8-10,12-22H,7,11H2,1H3. The van der Waals surface area contributed by atoms with Crippen molar-refractivity contribution in [2.75, 3.05) is 0 Å². The molecule has 0 saturated carbocycles. The largest absolute Gasteiger partial charge is 0.0757 e. The van der Waals surface area contributed by atoms with Crippen LogP contribution in [0, 0.1) is 0 Å². The zero-order valence-electron chi connectivity index (χ0n) is 17.4. The molecule has 0 aliphatic heterocycles. The van der Waals surface area contributed by atoms with Crippen molar-refractivity contribution in [3.05, 3.63) is 137 Å². The summed E-state index contributed by atoms with van der Waals surface area (Å²) in [6.07, 6.45) is 4.66. The maximum absolute atomic E-state index is 2.39.